The Morgan fingerprint density at radius 2 is 1.69 bits per heavy atom. The number of rotatable bonds is 12. The molecule has 1 aromatic carbocycles. The smallest absolute Gasteiger partial charge is 0.222 e. The van der Waals surface area contributed by atoms with Gasteiger partial charge in [0.2, 0.25) is 5.95 Å². The SMILES string of the molecule is CCCCCNc1nccc(CCCCCNc2ccnc3cc(Cl)ccc23)n1. The quantitative estimate of drug-likeness (QED) is 0.352. The lowest BCUT2D eigenvalue weighted by Crippen LogP contribution is -2.06. The third-order valence-electron chi connectivity index (χ3n) is 4.91. The molecule has 6 heteroatoms. The van der Waals surface area contributed by atoms with Gasteiger partial charge in [-0.05, 0) is 56.0 Å². The minimum atomic E-state index is 0.714. The third-order valence-corrected chi connectivity index (χ3v) is 5.14. The van der Waals surface area contributed by atoms with E-state index >= 15 is 0 Å². The Kier molecular flexibility index (Phi) is 8.50. The molecule has 0 spiro atoms. The van der Waals surface area contributed by atoms with Crippen LogP contribution in [0.4, 0.5) is 11.6 Å². The highest BCUT2D eigenvalue weighted by atomic mass is 35.5. The molecule has 0 aliphatic rings. The second-order valence-corrected chi connectivity index (χ2v) is 7.70. The molecule has 0 bridgehead atoms. The van der Waals surface area contributed by atoms with Gasteiger partial charge in [-0.2, -0.15) is 0 Å². The van der Waals surface area contributed by atoms with Gasteiger partial charge in [-0.25, -0.2) is 9.97 Å². The Morgan fingerprint density at radius 3 is 2.59 bits per heavy atom. The molecule has 2 aromatic heterocycles. The van der Waals surface area contributed by atoms with Gasteiger partial charge in [0, 0.05) is 47.3 Å². The fourth-order valence-electron chi connectivity index (χ4n) is 3.30. The Hall–Kier alpha value is -2.40. The van der Waals surface area contributed by atoms with Crippen LogP contribution in [0.3, 0.4) is 0 Å². The number of nitrogens with zero attached hydrogens (tertiary/aromatic N) is 3. The van der Waals surface area contributed by atoms with E-state index in [4.69, 9.17) is 11.6 Å². The Balaban J connectivity index is 1.37. The first-order valence-corrected chi connectivity index (χ1v) is 11.0. The van der Waals surface area contributed by atoms with Gasteiger partial charge >= 0.3 is 0 Å². The van der Waals surface area contributed by atoms with Gasteiger partial charge in [0.15, 0.2) is 0 Å². The summed E-state index contributed by atoms with van der Waals surface area (Å²) in [5.41, 5.74) is 3.15. The average molecular weight is 412 g/mol. The number of unbranched alkanes of at least 4 members (excludes halogenated alkanes) is 4. The van der Waals surface area contributed by atoms with Gasteiger partial charge in [-0.3, -0.25) is 4.98 Å². The van der Waals surface area contributed by atoms with E-state index in [9.17, 15) is 0 Å². The van der Waals surface area contributed by atoms with Crippen LogP contribution in [0.15, 0.2) is 42.7 Å². The number of pyridine rings is 1. The zero-order chi connectivity index (χ0) is 20.3. The van der Waals surface area contributed by atoms with Crippen LogP contribution >= 0.6 is 11.6 Å². The van der Waals surface area contributed by atoms with E-state index in [1.54, 1.807) is 0 Å². The van der Waals surface area contributed by atoms with Gasteiger partial charge in [0.1, 0.15) is 0 Å². The fraction of sp³-hybridized carbons (Fsp3) is 0.435. The van der Waals surface area contributed by atoms with Crippen molar-refractivity contribution < 1.29 is 0 Å². The second kappa shape index (κ2) is 11.6. The number of aryl methyl sites for hydroxylation is 1. The molecule has 0 saturated carbocycles. The lowest BCUT2D eigenvalue weighted by molar-refractivity contribution is 0.688. The molecular weight excluding hydrogens is 382 g/mol. The molecule has 0 unspecified atom stereocenters. The highest BCUT2D eigenvalue weighted by Gasteiger charge is 2.03. The number of benzene rings is 1. The summed E-state index contributed by atoms with van der Waals surface area (Å²) in [6, 6.07) is 9.87. The van der Waals surface area contributed by atoms with E-state index in [-0.39, 0.29) is 0 Å². The van der Waals surface area contributed by atoms with Crippen LogP contribution < -0.4 is 10.6 Å². The first-order chi connectivity index (χ1) is 14.3. The van der Waals surface area contributed by atoms with Gasteiger partial charge in [-0.15, -0.1) is 0 Å². The normalized spacial score (nSPS) is 11.0. The maximum absolute atomic E-state index is 6.06. The summed E-state index contributed by atoms with van der Waals surface area (Å²) in [6.45, 7) is 4.09. The van der Waals surface area contributed by atoms with E-state index in [2.05, 4.69) is 32.5 Å². The first kappa shape index (κ1) is 21.3. The van der Waals surface area contributed by atoms with Gasteiger partial charge in [0.05, 0.1) is 5.52 Å². The number of aromatic nitrogens is 3. The number of hydrogen-bond acceptors (Lipinski definition) is 5. The van der Waals surface area contributed by atoms with Crippen molar-refractivity contribution >= 4 is 34.1 Å². The van der Waals surface area contributed by atoms with Crippen molar-refractivity contribution in [3.8, 4) is 0 Å². The molecule has 0 amide bonds. The topological polar surface area (TPSA) is 62.7 Å². The third kappa shape index (κ3) is 6.86. The van der Waals surface area contributed by atoms with Crippen molar-refractivity contribution in [3.05, 3.63) is 53.4 Å². The van der Waals surface area contributed by atoms with E-state index in [0.29, 0.717) is 5.02 Å². The van der Waals surface area contributed by atoms with E-state index in [0.717, 1.165) is 73.4 Å². The highest BCUT2D eigenvalue weighted by molar-refractivity contribution is 6.31. The van der Waals surface area contributed by atoms with Crippen molar-refractivity contribution in [2.45, 2.75) is 51.9 Å². The van der Waals surface area contributed by atoms with Crippen molar-refractivity contribution in [3.63, 3.8) is 0 Å². The van der Waals surface area contributed by atoms with Crippen LogP contribution in [0.1, 0.15) is 51.1 Å². The standard InChI is InChI=1S/C23H30ClN5/c1-2-3-6-14-27-23-28-15-11-19(29-23)8-5-4-7-13-25-21-12-16-26-22-17-18(24)9-10-20(21)22/h9-12,15-17H,2-8,13-14H2,1H3,(H,25,26)(H,27,28,29). The molecule has 0 fully saturated rings. The Labute approximate surface area is 178 Å². The second-order valence-electron chi connectivity index (χ2n) is 7.26. The summed E-state index contributed by atoms with van der Waals surface area (Å²) in [5, 5.41) is 8.67. The maximum atomic E-state index is 6.06. The molecule has 0 aliphatic heterocycles. The summed E-state index contributed by atoms with van der Waals surface area (Å²) >= 11 is 6.06. The maximum Gasteiger partial charge on any atom is 0.222 e. The number of fused-ring (bicyclic) bond motifs is 1. The predicted octanol–water partition coefficient (Wildman–Crippen LogP) is 6.11. The van der Waals surface area contributed by atoms with Gasteiger partial charge in [0.25, 0.3) is 0 Å². The van der Waals surface area contributed by atoms with Crippen LogP contribution in [-0.4, -0.2) is 28.0 Å². The van der Waals surface area contributed by atoms with E-state index in [1.807, 2.05) is 42.7 Å². The molecule has 0 saturated heterocycles. The summed E-state index contributed by atoms with van der Waals surface area (Å²) < 4.78 is 0. The van der Waals surface area contributed by atoms with Crippen LogP contribution in [0.2, 0.25) is 5.02 Å². The number of hydrogen-bond donors (Lipinski definition) is 2. The molecule has 3 rings (SSSR count). The molecule has 2 N–H and O–H groups in total. The summed E-state index contributed by atoms with van der Waals surface area (Å²) in [7, 11) is 0. The number of anilines is 2. The molecule has 154 valence electrons. The summed E-state index contributed by atoms with van der Waals surface area (Å²) in [6.07, 6.45) is 11.7. The zero-order valence-corrected chi connectivity index (χ0v) is 17.9. The molecule has 2 heterocycles. The molecule has 5 nitrogen and oxygen atoms in total. The molecule has 0 radical (unpaired) electrons. The first-order valence-electron chi connectivity index (χ1n) is 10.6. The lowest BCUT2D eigenvalue weighted by atomic mass is 10.1. The van der Waals surface area contributed by atoms with Gasteiger partial charge in [-0.1, -0.05) is 37.8 Å². The van der Waals surface area contributed by atoms with E-state index in [1.165, 1.54) is 12.8 Å². The number of nitrogens with one attached hydrogen (secondary N) is 2. The van der Waals surface area contributed by atoms with Gasteiger partial charge < -0.3 is 10.6 Å². The van der Waals surface area contributed by atoms with Crippen molar-refractivity contribution in [1.82, 2.24) is 15.0 Å². The van der Waals surface area contributed by atoms with Crippen molar-refractivity contribution in [1.29, 1.82) is 0 Å². The molecule has 0 aliphatic carbocycles. The zero-order valence-electron chi connectivity index (χ0n) is 17.1. The van der Waals surface area contributed by atoms with Crippen LogP contribution in [0, 0.1) is 0 Å². The lowest BCUT2D eigenvalue weighted by Gasteiger charge is -2.10. The predicted molar refractivity (Wildman–Crippen MR) is 123 cm³/mol. The summed E-state index contributed by atoms with van der Waals surface area (Å²) in [4.78, 5) is 13.3. The Bertz CT molecular complexity index is 899. The minimum absolute atomic E-state index is 0.714. The van der Waals surface area contributed by atoms with Crippen LogP contribution in [0.25, 0.3) is 10.9 Å². The highest BCUT2D eigenvalue weighted by Crippen LogP contribution is 2.24. The minimum Gasteiger partial charge on any atom is -0.384 e. The Morgan fingerprint density at radius 1 is 0.862 bits per heavy atom. The monoisotopic (exact) mass is 411 g/mol. The molecule has 29 heavy (non-hydrogen) atoms. The van der Waals surface area contributed by atoms with Crippen LogP contribution in [-0.2, 0) is 6.42 Å². The van der Waals surface area contributed by atoms with Crippen molar-refractivity contribution in [2.24, 2.45) is 0 Å². The largest absolute Gasteiger partial charge is 0.384 e. The molecule has 3 aromatic rings. The van der Waals surface area contributed by atoms with E-state index < -0.39 is 0 Å². The van der Waals surface area contributed by atoms with Crippen LogP contribution in [0.5, 0.6) is 0 Å². The number of halogens is 1. The molecular formula is C23H30ClN5. The van der Waals surface area contributed by atoms with Crippen molar-refractivity contribution in [2.75, 3.05) is 23.7 Å². The summed E-state index contributed by atoms with van der Waals surface area (Å²) in [5.74, 6) is 0.755. The molecule has 0 atom stereocenters. The average Bonchev–Trinajstić information content (AvgIpc) is 2.74. The fourth-order valence-corrected chi connectivity index (χ4v) is 3.47.